The van der Waals surface area contributed by atoms with E-state index in [0.29, 0.717) is 12.5 Å². The summed E-state index contributed by atoms with van der Waals surface area (Å²) in [6.07, 6.45) is 3.14. The zero-order valence-electron chi connectivity index (χ0n) is 15.7. The molecule has 0 bridgehead atoms. The monoisotopic (exact) mass is 403 g/mol. The predicted molar refractivity (Wildman–Crippen MR) is 103 cm³/mol. The molecule has 2 amide bonds. The van der Waals surface area contributed by atoms with Gasteiger partial charge in [-0.05, 0) is 56.3 Å². The lowest BCUT2D eigenvalue weighted by Gasteiger charge is -2.24. The van der Waals surface area contributed by atoms with Crippen LogP contribution in [0, 0.1) is 23.5 Å². The molecule has 0 spiro atoms. The minimum Gasteiger partial charge on any atom is -0.354 e. The van der Waals surface area contributed by atoms with Gasteiger partial charge in [0.15, 0.2) is 0 Å². The van der Waals surface area contributed by atoms with Crippen LogP contribution in [-0.4, -0.2) is 37.5 Å². The molecule has 27 heavy (non-hydrogen) atoms. The molecule has 2 rings (SSSR count). The Morgan fingerprint density at radius 2 is 1.93 bits per heavy atom. The zero-order chi connectivity index (χ0) is 19.1. The van der Waals surface area contributed by atoms with E-state index in [1.54, 1.807) is 13.8 Å². The molecular weight excluding hydrogens is 376 g/mol. The van der Waals surface area contributed by atoms with Crippen molar-refractivity contribution in [3.8, 4) is 0 Å². The van der Waals surface area contributed by atoms with Crippen molar-refractivity contribution in [1.29, 1.82) is 0 Å². The molecular formula is C19H28ClF2N3O2. The topological polar surface area (TPSA) is 70.2 Å². The Morgan fingerprint density at radius 3 is 2.48 bits per heavy atom. The molecule has 1 heterocycles. The number of hydrogen-bond donors (Lipinski definition) is 3. The van der Waals surface area contributed by atoms with Crippen molar-refractivity contribution in [2.24, 2.45) is 11.8 Å². The number of halogens is 3. The minimum absolute atomic E-state index is 0. The number of carbonyl (C=O) groups is 2. The summed E-state index contributed by atoms with van der Waals surface area (Å²) in [7, 11) is 0. The molecule has 3 N–H and O–H groups in total. The van der Waals surface area contributed by atoms with Crippen molar-refractivity contribution in [2.75, 3.05) is 19.6 Å². The average Bonchev–Trinajstić information content (AvgIpc) is 2.60. The molecule has 152 valence electrons. The summed E-state index contributed by atoms with van der Waals surface area (Å²) in [5.74, 6) is -2.85. The highest BCUT2D eigenvalue weighted by atomic mass is 35.5. The van der Waals surface area contributed by atoms with E-state index in [9.17, 15) is 18.4 Å². The van der Waals surface area contributed by atoms with Gasteiger partial charge in [0.1, 0.15) is 23.2 Å². The van der Waals surface area contributed by atoms with Gasteiger partial charge in [-0.2, -0.15) is 0 Å². The van der Waals surface area contributed by atoms with Crippen LogP contribution in [0.3, 0.4) is 0 Å². The summed E-state index contributed by atoms with van der Waals surface area (Å²) in [6.45, 7) is 6.04. The van der Waals surface area contributed by atoms with Crippen LogP contribution in [0.1, 0.15) is 43.5 Å². The van der Waals surface area contributed by atoms with Gasteiger partial charge in [-0.3, -0.25) is 9.59 Å². The SMILES string of the molecule is CC(C)C(NC(=O)c1c(F)cccc1F)C(=O)NCCC1CCCNC1.Cl. The van der Waals surface area contributed by atoms with E-state index in [0.717, 1.165) is 44.5 Å². The van der Waals surface area contributed by atoms with E-state index in [4.69, 9.17) is 0 Å². The van der Waals surface area contributed by atoms with Crippen LogP contribution in [0.2, 0.25) is 0 Å². The maximum absolute atomic E-state index is 13.8. The fourth-order valence-corrected chi connectivity index (χ4v) is 3.14. The van der Waals surface area contributed by atoms with Crippen LogP contribution < -0.4 is 16.0 Å². The van der Waals surface area contributed by atoms with Gasteiger partial charge < -0.3 is 16.0 Å². The first kappa shape index (κ1) is 23.3. The van der Waals surface area contributed by atoms with Gasteiger partial charge in [0.25, 0.3) is 5.91 Å². The smallest absolute Gasteiger partial charge is 0.257 e. The normalized spacial score (nSPS) is 17.7. The van der Waals surface area contributed by atoms with Crippen molar-refractivity contribution >= 4 is 24.2 Å². The third-order valence-electron chi connectivity index (χ3n) is 4.68. The highest BCUT2D eigenvalue weighted by Gasteiger charge is 2.27. The van der Waals surface area contributed by atoms with Crippen LogP contribution in [0.15, 0.2) is 18.2 Å². The summed E-state index contributed by atoms with van der Waals surface area (Å²) in [4.78, 5) is 24.7. The standard InChI is InChI=1S/C19H27F2N3O2.ClH/c1-12(2)17(19(26)23-10-8-13-5-4-9-22-11-13)24-18(25)16-14(20)6-3-7-15(16)21;/h3,6-7,12-13,17,22H,4-5,8-11H2,1-2H3,(H,23,26)(H,24,25);1H. The van der Waals surface area contributed by atoms with Gasteiger partial charge >= 0.3 is 0 Å². The van der Waals surface area contributed by atoms with Crippen molar-refractivity contribution in [2.45, 2.75) is 39.2 Å². The molecule has 0 saturated carbocycles. The van der Waals surface area contributed by atoms with E-state index in [1.807, 2.05) is 0 Å². The number of amides is 2. The predicted octanol–water partition coefficient (Wildman–Crippen LogP) is 2.65. The van der Waals surface area contributed by atoms with Gasteiger partial charge in [-0.1, -0.05) is 19.9 Å². The van der Waals surface area contributed by atoms with Crippen molar-refractivity contribution in [1.82, 2.24) is 16.0 Å². The molecule has 1 saturated heterocycles. The number of rotatable bonds is 7. The second kappa shape index (κ2) is 11.2. The van der Waals surface area contributed by atoms with Gasteiger partial charge in [-0.25, -0.2) is 8.78 Å². The van der Waals surface area contributed by atoms with E-state index < -0.39 is 29.1 Å². The Labute approximate surface area is 165 Å². The molecule has 0 aliphatic carbocycles. The average molecular weight is 404 g/mol. The Balaban J connectivity index is 0.00000364. The van der Waals surface area contributed by atoms with Crippen molar-refractivity contribution in [3.63, 3.8) is 0 Å². The quantitative estimate of drug-likeness (QED) is 0.655. The molecule has 0 radical (unpaired) electrons. The summed E-state index contributed by atoms with van der Waals surface area (Å²) >= 11 is 0. The molecule has 2 unspecified atom stereocenters. The maximum atomic E-state index is 13.8. The molecule has 1 aliphatic rings. The molecule has 1 aromatic rings. The zero-order valence-corrected chi connectivity index (χ0v) is 16.5. The van der Waals surface area contributed by atoms with Gasteiger partial charge in [0, 0.05) is 6.54 Å². The Hall–Kier alpha value is -1.73. The fraction of sp³-hybridized carbons (Fsp3) is 0.579. The molecule has 1 aliphatic heterocycles. The summed E-state index contributed by atoms with van der Waals surface area (Å²) < 4.78 is 27.5. The van der Waals surface area contributed by atoms with Crippen LogP contribution in [0.5, 0.6) is 0 Å². The summed E-state index contributed by atoms with van der Waals surface area (Å²) in [5, 5.41) is 8.62. The molecule has 5 nitrogen and oxygen atoms in total. The van der Waals surface area contributed by atoms with Gasteiger partial charge in [0.2, 0.25) is 5.91 Å². The minimum atomic E-state index is -0.949. The third-order valence-corrected chi connectivity index (χ3v) is 4.68. The largest absolute Gasteiger partial charge is 0.354 e. The first-order valence-electron chi connectivity index (χ1n) is 9.13. The molecule has 1 fully saturated rings. The van der Waals surface area contributed by atoms with Crippen LogP contribution >= 0.6 is 12.4 Å². The Morgan fingerprint density at radius 1 is 1.26 bits per heavy atom. The van der Waals surface area contributed by atoms with E-state index in [1.165, 1.54) is 6.07 Å². The Bertz CT molecular complexity index is 617. The van der Waals surface area contributed by atoms with Crippen LogP contribution in [-0.2, 0) is 4.79 Å². The summed E-state index contributed by atoms with van der Waals surface area (Å²) in [5.41, 5.74) is -0.667. The second-order valence-corrected chi connectivity index (χ2v) is 7.08. The number of piperidine rings is 1. The van der Waals surface area contributed by atoms with Gasteiger partial charge in [-0.15, -0.1) is 12.4 Å². The highest BCUT2D eigenvalue weighted by Crippen LogP contribution is 2.14. The van der Waals surface area contributed by atoms with E-state index in [2.05, 4.69) is 16.0 Å². The molecule has 2 atom stereocenters. The number of benzene rings is 1. The molecule has 1 aromatic carbocycles. The summed E-state index contributed by atoms with van der Waals surface area (Å²) in [6, 6.07) is 2.36. The molecule has 8 heteroatoms. The van der Waals surface area contributed by atoms with Crippen LogP contribution in [0.25, 0.3) is 0 Å². The second-order valence-electron chi connectivity index (χ2n) is 7.08. The number of carbonyl (C=O) groups excluding carboxylic acids is 2. The van der Waals surface area contributed by atoms with Crippen molar-refractivity contribution in [3.05, 3.63) is 35.4 Å². The third kappa shape index (κ3) is 6.74. The maximum Gasteiger partial charge on any atom is 0.257 e. The fourth-order valence-electron chi connectivity index (χ4n) is 3.14. The van der Waals surface area contributed by atoms with Gasteiger partial charge in [0.05, 0.1) is 0 Å². The Kier molecular flexibility index (Phi) is 9.66. The highest BCUT2D eigenvalue weighted by molar-refractivity contribution is 5.98. The first-order chi connectivity index (χ1) is 12.4. The van der Waals surface area contributed by atoms with E-state index in [-0.39, 0.29) is 24.2 Å². The lowest BCUT2D eigenvalue weighted by atomic mass is 9.96. The lowest BCUT2D eigenvalue weighted by Crippen LogP contribution is -2.50. The number of nitrogens with one attached hydrogen (secondary N) is 3. The van der Waals surface area contributed by atoms with Crippen molar-refractivity contribution < 1.29 is 18.4 Å². The van der Waals surface area contributed by atoms with E-state index >= 15 is 0 Å². The lowest BCUT2D eigenvalue weighted by molar-refractivity contribution is -0.124. The number of hydrogen-bond acceptors (Lipinski definition) is 3. The van der Waals surface area contributed by atoms with Crippen LogP contribution in [0.4, 0.5) is 8.78 Å². The first-order valence-corrected chi connectivity index (χ1v) is 9.13. The molecule has 0 aromatic heterocycles.